The fourth-order valence-electron chi connectivity index (χ4n) is 1.06. The molecule has 0 bridgehead atoms. The zero-order valence-corrected chi connectivity index (χ0v) is 8.84. The molecule has 0 aliphatic carbocycles. The van der Waals surface area contributed by atoms with Crippen molar-refractivity contribution in [2.24, 2.45) is 5.92 Å². The molecule has 0 aromatic heterocycles. The van der Waals surface area contributed by atoms with Crippen LogP contribution in [-0.2, 0) is 0 Å². The second-order valence-electron chi connectivity index (χ2n) is 3.92. The number of hydrogen-bond donors (Lipinski definition) is 2. The Morgan fingerprint density at radius 3 is 2.43 bits per heavy atom. The fourth-order valence-corrected chi connectivity index (χ4v) is 1.06. The van der Waals surface area contributed by atoms with Gasteiger partial charge in [0.2, 0.25) is 0 Å². The molecular weight excluding hydrogens is 179 g/mol. The quantitative estimate of drug-likeness (QED) is 0.729. The lowest BCUT2D eigenvalue weighted by atomic mass is 10.1. The molecule has 0 aliphatic rings. The summed E-state index contributed by atoms with van der Waals surface area (Å²) in [5.74, 6) is 0.171. The summed E-state index contributed by atoms with van der Waals surface area (Å²) in [4.78, 5) is 0. The molecule has 1 aromatic carbocycles. The van der Waals surface area contributed by atoms with Crippen LogP contribution in [0.5, 0.6) is 0 Å². The van der Waals surface area contributed by atoms with E-state index in [2.05, 4.69) is 19.2 Å². The molecule has 3 heteroatoms. The molecule has 1 aromatic rings. The first-order chi connectivity index (χ1) is 6.50. The Hall–Kier alpha value is -1.25. The minimum atomic E-state index is -0.294. The molecule has 0 fully saturated rings. The Balaban J connectivity index is 2.77. The van der Waals surface area contributed by atoms with Crippen molar-refractivity contribution in [3.63, 3.8) is 0 Å². The summed E-state index contributed by atoms with van der Waals surface area (Å²) in [6.07, 6.45) is 0. The molecule has 3 N–H and O–H groups in total. The van der Waals surface area contributed by atoms with Crippen molar-refractivity contribution in [1.82, 2.24) is 0 Å². The summed E-state index contributed by atoms with van der Waals surface area (Å²) < 4.78 is 13.3. The minimum Gasteiger partial charge on any atom is -0.399 e. The van der Waals surface area contributed by atoms with E-state index in [-0.39, 0.29) is 11.9 Å². The maximum atomic E-state index is 13.3. The summed E-state index contributed by atoms with van der Waals surface area (Å²) in [7, 11) is 0. The van der Waals surface area contributed by atoms with Gasteiger partial charge in [0, 0.05) is 11.7 Å². The van der Waals surface area contributed by atoms with E-state index >= 15 is 0 Å². The number of benzene rings is 1. The third-order valence-electron chi connectivity index (χ3n) is 2.38. The molecule has 2 nitrogen and oxygen atoms in total. The SMILES string of the molecule is CC(C)C(C)Nc1ccc(N)cc1F. The lowest BCUT2D eigenvalue weighted by molar-refractivity contribution is 0.552. The number of nitrogens with two attached hydrogens (primary N) is 1. The third kappa shape index (κ3) is 2.62. The van der Waals surface area contributed by atoms with Crippen molar-refractivity contribution < 1.29 is 4.39 Å². The van der Waals surface area contributed by atoms with Crippen LogP contribution in [0.1, 0.15) is 20.8 Å². The van der Waals surface area contributed by atoms with Crippen LogP contribution in [0.4, 0.5) is 15.8 Å². The van der Waals surface area contributed by atoms with Crippen LogP contribution in [0.2, 0.25) is 0 Å². The Kier molecular flexibility index (Phi) is 3.33. The van der Waals surface area contributed by atoms with Crippen LogP contribution in [0, 0.1) is 11.7 Å². The normalized spacial score (nSPS) is 12.9. The number of hydrogen-bond acceptors (Lipinski definition) is 2. The first-order valence-electron chi connectivity index (χ1n) is 4.82. The van der Waals surface area contributed by atoms with Crippen LogP contribution in [-0.4, -0.2) is 6.04 Å². The summed E-state index contributed by atoms with van der Waals surface area (Å²) in [6, 6.07) is 4.94. The van der Waals surface area contributed by atoms with Crippen LogP contribution >= 0.6 is 0 Å². The van der Waals surface area contributed by atoms with Crippen LogP contribution in [0.25, 0.3) is 0 Å². The Morgan fingerprint density at radius 2 is 1.93 bits per heavy atom. The molecule has 1 unspecified atom stereocenters. The highest BCUT2D eigenvalue weighted by Gasteiger charge is 2.09. The van der Waals surface area contributed by atoms with Gasteiger partial charge in [-0.25, -0.2) is 4.39 Å². The maximum Gasteiger partial charge on any atom is 0.148 e. The largest absolute Gasteiger partial charge is 0.399 e. The summed E-state index contributed by atoms with van der Waals surface area (Å²) in [5, 5.41) is 3.11. The zero-order chi connectivity index (χ0) is 10.7. The Bertz CT molecular complexity index is 310. The van der Waals surface area contributed by atoms with E-state index in [1.807, 2.05) is 6.92 Å². The molecule has 0 aliphatic heterocycles. The van der Waals surface area contributed by atoms with Crippen LogP contribution in [0.3, 0.4) is 0 Å². The topological polar surface area (TPSA) is 38.0 Å². The van der Waals surface area contributed by atoms with E-state index in [1.54, 1.807) is 12.1 Å². The molecule has 1 rings (SSSR count). The third-order valence-corrected chi connectivity index (χ3v) is 2.38. The summed E-state index contributed by atoms with van der Waals surface area (Å²) in [6.45, 7) is 6.21. The lowest BCUT2D eigenvalue weighted by Crippen LogP contribution is -2.22. The van der Waals surface area contributed by atoms with Gasteiger partial charge in [0.15, 0.2) is 0 Å². The van der Waals surface area contributed by atoms with Gasteiger partial charge in [-0.15, -0.1) is 0 Å². The van der Waals surface area contributed by atoms with E-state index in [1.165, 1.54) is 6.07 Å². The maximum absolute atomic E-state index is 13.3. The molecule has 14 heavy (non-hydrogen) atoms. The second kappa shape index (κ2) is 4.31. The minimum absolute atomic E-state index is 0.244. The Labute approximate surface area is 84.3 Å². The van der Waals surface area contributed by atoms with E-state index < -0.39 is 0 Å². The van der Waals surface area contributed by atoms with Gasteiger partial charge in [-0.3, -0.25) is 0 Å². The molecule has 0 saturated heterocycles. The van der Waals surface area contributed by atoms with Crippen LogP contribution in [0.15, 0.2) is 18.2 Å². The van der Waals surface area contributed by atoms with Crippen molar-refractivity contribution in [3.05, 3.63) is 24.0 Å². The van der Waals surface area contributed by atoms with E-state index in [0.717, 1.165) is 0 Å². The zero-order valence-electron chi connectivity index (χ0n) is 8.84. The summed E-state index contributed by atoms with van der Waals surface area (Å²) in [5.41, 5.74) is 6.41. The molecule has 0 radical (unpaired) electrons. The number of anilines is 2. The van der Waals surface area contributed by atoms with Gasteiger partial charge in [0.05, 0.1) is 5.69 Å². The van der Waals surface area contributed by atoms with Crippen molar-refractivity contribution >= 4 is 11.4 Å². The van der Waals surface area contributed by atoms with Crippen molar-refractivity contribution in [3.8, 4) is 0 Å². The molecule has 0 spiro atoms. The predicted molar refractivity (Wildman–Crippen MR) is 58.7 cm³/mol. The summed E-state index contributed by atoms with van der Waals surface area (Å²) >= 11 is 0. The molecule has 78 valence electrons. The second-order valence-corrected chi connectivity index (χ2v) is 3.92. The van der Waals surface area contributed by atoms with Gasteiger partial charge in [-0.1, -0.05) is 13.8 Å². The monoisotopic (exact) mass is 196 g/mol. The first kappa shape index (κ1) is 10.8. The smallest absolute Gasteiger partial charge is 0.148 e. The predicted octanol–water partition coefficient (Wildman–Crippen LogP) is 2.86. The molecule has 0 saturated carbocycles. The van der Waals surface area contributed by atoms with E-state index in [4.69, 9.17) is 5.73 Å². The molecular formula is C11H17FN2. The number of rotatable bonds is 3. The van der Waals surface area contributed by atoms with Gasteiger partial charge in [0.1, 0.15) is 5.82 Å². The average Bonchev–Trinajstić information content (AvgIpc) is 2.09. The molecule has 1 atom stereocenters. The standard InChI is InChI=1S/C11H17FN2/c1-7(2)8(3)14-11-5-4-9(13)6-10(11)12/h4-8,14H,13H2,1-3H3. The van der Waals surface area contributed by atoms with E-state index in [9.17, 15) is 4.39 Å². The highest BCUT2D eigenvalue weighted by atomic mass is 19.1. The number of nitrogen functional groups attached to an aromatic ring is 1. The van der Waals surface area contributed by atoms with Crippen molar-refractivity contribution in [1.29, 1.82) is 0 Å². The van der Waals surface area contributed by atoms with Gasteiger partial charge >= 0.3 is 0 Å². The molecule has 0 heterocycles. The van der Waals surface area contributed by atoms with Crippen LogP contribution < -0.4 is 11.1 Å². The molecule has 0 amide bonds. The highest BCUT2D eigenvalue weighted by Crippen LogP contribution is 2.19. The van der Waals surface area contributed by atoms with Gasteiger partial charge < -0.3 is 11.1 Å². The van der Waals surface area contributed by atoms with Gasteiger partial charge in [-0.2, -0.15) is 0 Å². The number of halogens is 1. The fraction of sp³-hybridized carbons (Fsp3) is 0.455. The first-order valence-corrected chi connectivity index (χ1v) is 4.82. The van der Waals surface area contributed by atoms with Gasteiger partial charge in [0.25, 0.3) is 0 Å². The van der Waals surface area contributed by atoms with Gasteiger partial charge in [-0.05, 0) is 31.0 Å². The Morgan fingerprint density at radius 1 is 1.29 bits per heavy atom. The van der Waals surface area contributed by atoms with E-state index in [0.29, 0.717) is 17.3 Å². The lowest BCUT2D eigenvalue weighted by Gasteiger charge is -2.19. The highest BCUT2D eigenvalue weighted by molar-refractivity contribution is 5.53. The number of nitrogens with one attached hydrogen (secondary N) is 1. The van der Waals surface area contributed by atoms with Crippen molar-refractivity contribution in [2.75, 3.05) is 11.1 Å². The average molecular weight is 196 g/mol. The van der Waals surface area contributed by atoms with Crippen molar-refractivity contribution in [2.45, 2.75) is 26.8 Å².